The highest BCUT2D eigenvalue weighted by atomic mass is 79.9. The van der Waals surface area contributed by atoms with Gasteiger partial charge in [-0.3, -0.25) is 16.0 Å². The molecular weight excluding hydrogens is 308 g/mol. The molecule has 0 amide bonds. The average molecular weight is 325 g/mol. The first-order valence-electron chi connectivity index (χ1n) is 5.92. The predicted molar refractivity (Wildman–Crippen MR) is 77.7 cm³/mol. The lowest BCUT2D eigenvalue weighted by atomic mass is 10.0. The first kappa shape index (κ1) is 14.0. The maximum atomic E-state index is 5.69. The highest BCUT2D eigenvalue weighted by Crippen LogP contribution is 2.28. The Hall–Kier alpha value is -1.37. The monoisotopic (exact) mass is 324 g/mol. The summed E-state index contributed by atoms with van der Waals surface area (Å²) in [5, 5.41) is 4.20. The Morgan fingerprint density at radius 2 is 2.21 bits per heavy atom. The highest BCUT2D eigenvalue weighted by molar-refractivity contribution is 9.10. The maximum absolute atomic E-state index is 5.69. The number of hydrogen-bond acceptors (Lipinski definition) is 4. The number of nitrogens with two attached hydrogens (primary N) is 1. The van der Waals surface area contributed by atoms with Gasteiger partial charge in [0.05, 0.1) is 25.0 Å². The normalized spacial score (nSPS) is 12.4. The van der Waals surface area contributed by atoms with Crippen LogP contribution in [0.25, 0.3) is 0 Å². The summed E-state index contributed by atoms with van der Waals surface area (Å²) in [5.41, 5.74) is 4.94. The summed E-state index contributed by atoms with van der Waals surface area (Å²) in [5.74, 6) is 6.43. The molecule has 0 fully saturated rings. The molecule has 0 spiro atoms. The van der Waals surface area contributed by atoms with Crippen LogP contribution in [0.4, 0.5) is 0 Å². The SMILES string of the molecule is COc1cnn(C)c1C(Cc1ccccc1Br)NN. The second kappa shape index (κ2) is 6.18. The molecule has 6 heteroatoms. The number of halogens is 1. The van der Waals surface area contributed by atoms with Gasteiger partial charge in [-0.05, 0) is 18.1 Å². The molecule has 1 aromatic heterocycles. The van der Waals surface area contributed by atoms with E-state index >= 15 is 0 Å². The molecule has 0 saturated carbocycles. The van der Waals surface area contributed by atoms with E-state index < -0.39 is 0 Å². The van der Waals surface area contributed by atoms with Crippen molar-refractivity contribution in [2.45, 2.75) is 12.5 Å². The number of aromatic nitrogens is 2. The van der Waals surface area contributed by atoms with Crippen molar-refractivity contribution in [3.8, 4) is 5.75 Å². The molecule has 102 valence electrons. The van der Waals surface area contributed by atoms with Crippen molar-refractivity contribution in [3.63, 3.8) is 0 Å². The number of methoxy groups -OCH3 is 1. The van der Waals surface area contributed by atoms with Crippen molar-refractivity contribution < 1.29 is 4.74 Å². The van der Waals surface area contributed by atoms with Crippen LogP contribution < -0.4 is 16.0 Å². The van der Waals surface area contributed by atoms with Crippen LogP contribution in [0, 0.1) is 0 Å². The van der Waals surface area contributed by atoms with Gasteiger partial charge in [-0.1, -0.05) is 34.1 Å². The number of hydrazine groups is 1. The van der Waals surface area contributed by atoms with E-state index in [2.05, 4.69) is 32.5 Å². The molecule has 2 aromatic rings. The molecule has 2 rings (SSSR count). The van der Waals surface area contributed by atoms with Crippen molar-refractivity contribution >= 4 is 15.9 Å². The molecule has 0 aliphatic carbocycles. The second-order valence-electron chi connectivity index (χ2n) is 4.24. The van der Waals surface area contributed by atoms with Crippen LogP contribution in [0.2, 0.25) is 0 Å². The van der Waals surface area contributed by atoms with E-state index in [4.69, 9.17) is 10.6 Å². The number of benzene rings is 1. The van der Waals surface area contributed by atoms with Gasteiger partial charge < -0.3 is 4.74 Å². The fraction of sp³-hybridized carbons (Fsp3) is 0.308. The Balaban J connectivity index is 2.30. The fourth-order valence-electron chi connectivity index (χ4n) is 2.10. The summed E-state index contributed by atoms with van der Waals surface area (Å²) < 4.78 is 8.17. The third-order valence-electron chi connectivity index (χ3n) is 3.08. The molecule has 0 saturated heterocycles. The van der Waals surface area contributed by atoms with Crippen molar-refractivity contribution in [1.82, 2.24) is 15.2 Å². The van der Waals surface area contributed by atoms with Crippen molar-refractivity contribution in [3.05, 3.63) is 46.2 Å². The zero-order chi connectivity index (χ0) is 13.8. The Kier molecular flexibility index (Phi) is 4.57. The molecule has 1 atom stereocenters. The Bertz CT molecular complexity index is 555. The molecule has 1 heterocycles. The summed E-state index contributed by atoms with van der Waals surface area (Å²) >= 11 is 3.55. The van der Waals surface area contributed by atoms with Crippen LogP contribution in [0.3, 0.4) is 0 Å². The molecule has 0 bridgehead atoms. The number of ether oxygens (including phenoxy) is 1. The summed E-state index contributed by atoms with van der Waals surface area (Å²) in [6.07, 6.45) is 2.44. The van der Waals surface area contributed by atoms with E-state index in [1.54, 1.807) is 18.0 Å². The maximum Gasteiger partial charge on any atom is 0.161 e. The van der Waals surface area contributed by atoms with Crippen LogP contribution in [0.15, 0.2) is 34.9 Å². The van der Waals surface area contributed by atoms with Crippen LogP contribution in [0.5, 0.6) is 5.75 Å². The lowest BCUT2D eigenvalue weighted by Gasteiger charge is -2.18. The number of hydrogen-bond donors (Lipinski definition) is 2. The quantitative estimate of drug-likeness (QED) is 0.651. The molecule has 0 aliphatic rings. The number of rotatable bonds is 5. The van der Waals surface area contributed by atoms with Gasteiger partial charge in [-0.2, -0.15) is 5.10 Å². The number of aryl methyl sites for hydroxylation is 1. The third kappa shape index (κ3) is 2.97. The first-order valence-corrected chi connectivity index (χ1v) is 6.72. The summed E-state index contributed by atoms with van der Waals surface area (Å²) in [6, 6.07) is 8.01. The molecule has 1 aromatic carbocycles. The predicted octanol–water partition coefficient (Wildman–Crippen LogP) is 1.94. The van der Waals surface area contributed by atoms with E-state index in [0.29, 0.717) is 0 Å². The first-order chi connectivity index (χ1) is 9.17. The van der Waals surface area contributed by atoms with E-state index in [1.807, 2.05) is 25.2 Å². The Labute approximate surface area is 120 Å². The van der Waals surface area contributed by atoms with E-state index in [0.717, 1.165) is 22.3 Å². The van der Waals surface area contributed by atoms with Gasteiger partial charge in [0.1, 0.15) is 0 Å². The summed E-state index contributed by atoms with van der Waals surface area (Å²) in [4.78, 5) is 0. The molecule has 5 nitrogen and oxygen atoms in total. The molecule has 0 aliphatic heterocycles. The lowest BCUT2D eigenvalue weighted by molar-refractivity contribution is 0.394. The standard InChI is InChI=1S/C13H17BrN4O/c1-18-13(12(19-2)8-16-18)11(17-15)7-9-5-3-4-6-10(9)14/h3-6,8,11,17H,7,15H2,1-2H3. The highest BCUT2D eigenvalue weighted by Gasteiger charge is 2.20. The van der Waals surface area contributed by atoms with Gasteiger partial charge in [0, 0.05) is 11.5 Å². The number of nitrogens with one attached hydrogen (secondary N) is 1. The topological polar surface area (TPSA) is 65.1 Å². The average Bonchev–Trinajstić information content (AvgIpc) is 2.79. The van der Waals surface area contributed by atoms with E-state index in [1.165, 1.54) is 5.56 Å². The van der Waals surface area contributed by atoms with Crippen LogP contribution >= 0.6 is 15.9 Å². The largest absolute Gasteiger partial charge is 0.493 e. The van der Waals surface area contributed by atoms with Gasteiger partial charge in [0.2, 0.25) is 0 Å². The molecule has 1 unspecified atom stereocenters. The fourth-order valence-corrected chi connectivity index (χ4v) is 2.55. The van der Waals surface area contributed by atoms with Crippen LogP contribution in [-0.4, -0.2) is 16.9 Å². The van der Waals surface area contributed by atoms with Gasteiger partial charge in [-0.25, -0.2) is 0 Å². The van der Waals surface area contributed by atoms with E-state index in [-0.39, 0.29) is 6.04 Å². The molecule has 0 radical (unpaired) electrons. The summed E-state index contributed by atoms with van der Waals surface area (Å²) in [7, 11) is 3.51. The van der Waals surface area contributed by atoms with Crippen molar-refractivity contribution in [2.75, 3.05) is 7.11 Å². The number of nitrogens with zero attached hydrogens (tertiary/aromatic N) is 2. The van der Waals surface area contributed by atoms with Gasteiger partial charge in [0.25, 0.3) is 0 Å². The minimum atomic E-state index is -0.0684. The lowest BCUT2D eigenvalue weighted by Crippen LogP contribution is -2.31. The Morgan fingerprint density at radius 3 is 2.84 bits per heavy atom. The Morgan fingerprint density at radius 1 is 1.47 bits per heavy atom. The smallest absolute Gasteiger partial charge is 0.161 e. The third-order valence-corrected chi connectivity index (χ3v) is 3.86. The minimum absolute atomic E-state index is 0.0684. The summed E-state index contributed by atoms with van der Waals surface area (Å²) in [6.45, 7) is 0. The van der Waals surface area contributed by atoms with Gasteiger partial charge >= 0.3 is 0 Å². The second-order valence-corrected chi connectivity index (χ2v) is 5.09. The van der Waals surface area contributed by atoms with Crippen LogP contribution in [0.1, 0.15) is 17.3 Å². The zero-order valence-electron chi connectivity index (χ0n) is 10.9. The molecule has 3 N–H and O–H groups in total. The van der Waals surface area contributed by atoms with E-state index in [9.17, 15) is 0 Å². The zero-order valence-corrected chi connectivity index (χ0v) is 12.5. The molecular formula is C13H17BrN4O. The van der Waals surface area contributed by atoms with Crippen molar-refractivity contribution in [1.29, 1.82) is 0 Å². The van der Waals surface area contributed by atoms with Gasteiger partial charge in [-0.15, -0.1) is 0 Å². The van der Waals surface area contributed by atoms with Crippen LogP contribution in [-0.2, 0) is 13.5 Å². The minimum Gasteiger partial charge on any atom is -0.493 e. The molecule has 19 heavy (non-hydrogen) atoms. The van der Waals surface area contributed by atoms with Crippen molar-refractivity contribution in [2.24, 2.45) is 12.9 Å². The van der Waals surface area contributed by atoms with Gasteiger partial charge in [0.15, 0.2) is 5.75 Å².